The number of ether oxygens (including phenoxy) is 1. The molecule has 3 heteroatoms. The number of benzene rings is 1. The van der Waals surface area contributed by atoms with Crippen LogP contribution in [0.3, 0.4) is 0 Å². The fraction of sp³-hybridized carbons (Fsp3) is 0.333. The summed E-state index contributed by atoms with van der Waals surface area (Å²) in [6.45, 7) is 8.33. The van der Waals surface area contributed by atoms with E-state index in [1.807, 2.05) is 30.3 Å². The normalized spacial score (nSPS) is 12.5. The molecule has 0 aliphatic heterocycles. The fourth-order valence-electron chi connectivity index (χ4n) is 1.34. The maximum absolute atomic E-state index is 5.91. The van der Waals surface area contributed by atoms with Gasteiger partial charge in [-0.3, -0.25) is 0 Å². The number of nitrogens with two attached hydrogens (primary N) is 1. The highest BCUT2D eigenvalue weighted by Gasteiger charge is 2.14. The maximum atomic E-state index is 5.91. The summed E-state index contributed by atoms with van der Waals surface area (Å²) in [6, 6.07) is 7.56. The smallest absolute Gasteiger partial charge is 0.119 e. The number of hydrogen-bond acceptors (Lipinski definition) is 2. The molecule has 1 aromatic carbocycles. The molecule has 0 saturated carbocycles. The number of hydrogen-bond donors (Lipinski definition) is 1. The van der Waals surface area contributed by atoms with Gasteiger partial charge >= 0.3 is 0 Å². The van der Waals surface area contributed by atoms with Gasteiger partial charge in [0.15, 0.2) is 0 Å². The molecule has 0 fully saturated rings. The van der Waals surface area contributed by atoms with E-state index >= 15 is 0 Å². The van der Waals surface area contributed by atoms with E-state index < -0.39 is 8.80 Å². The molecule has 2 N–H and O–H groups in total. The summed E-state index contributed by atoms with van der Waals surface area (Å²) >= 11 is 0. The molecule has 0 aliphatic carbocycles. The highest BCUT2D eigenvalue weighted by molar-refractivity contribution is 6.57. The largest absolute Gasteiger partial charge is 0.494 e. The first-order valence-electron chi connectivity index (χ1n) is 5.26. The van der Waals surface area contributed by atoms with Crippen molar-refractivity contribution in [3.05, 3.63) is 36.9 Å². The topological polar surface area (TPSA) is 35.2 Å². The summed E-state index contributed by atoms with van der Waals surface area (Å²) in [5, 5.41) is 0. The molecule has 0 radical (unpaired) electrons. The molecule has 0 heterocycles. The van der Waals surface area contributed by atoms with Gasteiger partial charge in [-0.1, -0.05) is 19.2 Å². The zero-order valence-electron chi connectivity index (χ0n) is 9.44. The van der Waals surface area contributed by atoms with Crippen molar-refractivity contribution in [1.29, 1.82) is 0 Å². The third-order valence-electron chi connectivity index (χ3n) is 2.31. The maximum Gasteiger partial charge on any atom is 0.119 e. The van der Waals surface area contributed by atoms with Crippen molar-refractivity contribution in [2.45, 2.75) is 25.2 Å². The van der Waals surface area contributed by atoms with E-state index in [0.29, 0.717) is 5.73 Å². The molecule has 0 amide bonds. The lowest BCUT2D eigenvalue weighted by Gasteiger charge is -2.20. The van der Waals surface area contributed by atoms with Crippen molar-refractivity contribution < 1.29 is 4.74 Å². The Bertz CT molecular complexity index is 308. The van der Waals surface area contributed by atoms with Crippen LogP contribution in [0.4, 0.5) is 5.69 Å². The minimum Gasteiger partial charge on any atom is -0.494 e. The summed E-state index contributed by atoms with van der Waals surface area (Å²) < 4.78 is 5.91. The van der Waals surface area contributed by atoms with Crippen molar-refractivity contribution >= 4 is 14.5 Å². The minimum absolute atomic E-state index is 0.325. The number of anilines is 1. The molecule has 0 spiro atoms. The monoisotopic (exact) mass is 221 g/mol. The summed E-state index contributed by atoms with van der Waals surface area (Å²) in [6.07, 6.45) is 2.85. The van der Waals surface area contributed by atoms with Gasteiger partial charge in [-0.2, -0.15) is 0 Å². The second-order valence-electron chi connectivity index (χ2n) is 3.99. The SMILES string of the molecule is C=CCC(Oc1ccc(N)cc1)[SiH](C)C. The van der Waals surface area contributed by atoms with Gasteiger partial charge in [-0.25, -0.2) is 0 Å². The lowest BCUT2D eigenvalue weighted by Crippen LogP contribution is -2.30. The second kappa shape index (κ2) is 5.61. The molecule has 0 aliphatic rings. The zero-order chi connectivity index (χ0) is 11.3. The van der Waals surface area contributed by atoms with Gasteiger partial charge in [0.2, 0.25) is 0 Å². The van der Waals surface area contributed by atoms with Gasteiger partial charge in [-0.05, 0) is 30.7 Å². The average Bonchev–Trinajstić information content (AvgIpc) is 2.20. The van der Waals surface area contributed by atoms with Gasteiger partial charge in [0.1, 0.15) is 5.75 Å². The molecule has 0 saturated heterocycles. The van der Waals surface area contributed by atoms with Crippen molar-refractivity contribution in [3.8, 4) is 5.75 Å². The second-order valence-corrected chi connectivity index (χ2v) is 7.23. The third-order valence-corrected chi connectivity index (χ3v) is 4.21. The van der Waals surface area contributed by atoms with Gasteiger partial charge in [0.05, 0.1) is 14.5 Å². The van der Waals surface area contributed by atoms with Crippen LogP contribution in [0.5, 0.6) is 5.75 Å². The van der Waals surface area contributed by atoms with E-state index in [9.17, 15) is 0 Å². The Morgan fingerprint density at radius 3 is 2.47 bits per heavy atom. The molecule has 15 heavy (non-hydrogen) atoms. The summed E-state index contributed by atoms with van der Waals surface area (Å²) in [7, 11) is -0.810. The quantitative estimate of drug-likeness (QED) is 0.471. The molecule has 1 rings (SSSR count). The van der Waals surface area contributed by atoms with Gasteiger partial charge in [0.25, 0.3) is 0 Å². The standard InChI is InChI=1S/C12H19NOSi/c1-4-5-12(15(2)3)14-11-8-6-10(13)7-9-11/h4,6-9,12,15H,1,5,13H2,2-3H3. The highest BCUT2D eigenvalue weighted by Crippen LogP contribution is 2.17. The molecular weight excluding hydrogens is 202 g/mol. The predicted molar refractivity (Wildman–Crippen MR) is 69.0 cm³/mol. The Balaban J connectivity index is 2.65. The lowest BCUT2D eigenvalue weighted by atomic mass is 10.3. The van der Waals surface area contributed by atoms with E-state index in [1.54, 1.807) is 0 Å². The van der Waals surface area contributed by atoms with Crippen molar-refractivity contribution in [2.75, 3.05) is 5.73 Å². The predicted octanol–water partition coefficient (Wildman–Crippen LogP) is 2.62. The molecule has 1 unspecified atom stereocenters. The van der Waals surface area contributed by atoms with Crippen LogP contribution < -0.4 is 10.5 Å². The number of nitrogen functional groups attached to an aromatic ring is 1. The lowest BCUT2D eigenvalue weighted by molar-refractivity contribution is 0.277. The van der Waals surface area contributed by atoms with Crippen molar-refractivity contribution in [3.63, 3.8) is 0 Å². The Hall–Kier alpha value is -1.22. The van der Waals surface area contributed by atoms with E-state index in [2.05, 4.69) is 19.7 Å². The molecule has 1 atom stereocenters. The molecule has 0 bridgehead atoms. The minimum atomic E-state index is -0.810. The molecule has 82 valence electrons. The first-order chi connectivity index (χ1) is 7.13. The van der Waals surface area contributed by atoms with Crippen LogP contribution in [-0.2, 0) is 0 Å². The van der Waals surface area contributed by atoms with Crippen LogP contribution in [0.25, 0.3) is 0 Å². The molecule has 1 aromatic rings. The fourth-order valence-corrected chi connectivity index (χ4v) is 2.51. The first-order valence-corrected chi connectivity index (χ1v) is 8.24. The van der Waals surface area contributed by atoms with Gasteiger partial charge in [-0.15, -0.1) is 6.58 Å². The Kier molecular flexibility index (Phi) is 4.43. The summed E-state index contributed by atoms with van der Waals surface area (Å²) in [5.41, 5.74) is 6.71. The number of rotatable bonds is 5. The molecule has 2 nitrogen and oxygen atoms in total. The summed E-state index contributed by atoms with van der Waals surface area (Å²) in [5.74, 6) is 0.900. The highest BCUT2D eigenvalue weighted by atomic mass is 28.3. The van der Waals surface area contributed by atoms with Crippen molar-refractivity contribution in [2.24, 2.45) is 0 Å². The van der Waals surface area contributed by atoms with E-state index in [1.165, 1.54) is 0 Å². The van der Waals surface area contributed by atoms with Gasteiger partial charge in [0, 0.05) is 5.69 Å². The Morgan fingerprint density at radius 2 is 2.00 bits per heavy atom. The van der Waals surface area contributed by atoms with Crippen molar-refractivity contribution in [1.82, 2.24) is 0 Å². The van der Waals surface area contributed by atoms with E-state index in [-0.39, 0.29) is 0 Å². The third kappa shape index (κ3) is 3.79. The molecule has 0 aromatic heterocycles. The van der Waals surface area contributed by atoms with Crippen LogP contribution in [0.2, 0.25) is 13.1 Å². The Morgan fingerprint density at radius 1 is 1.40 bits per heavy atom. The van der Waals surface area contributed by atoms with Gasteiger partial charge < -0.3 is 10.5 Å². The first kappa shape index (κ1) is 11.8. The van der Waals surface area contributed by atoms with E-state index in [0.717, 1.165) is 17.9 Å². The van der Waals surface area contributed by atoms with Crippen LogP contribution in [0, 0.1) is 0 Å². The average molecular weight is 221 g/mol. The van der Waals surface area contributed by atoms with Crippen LogP contribution in [0.1, 0.15) is 6.42 Å². The Labute approximate surface area is 93.4 Å². The van der Waals surface area contributed by atoms with Crippen LogP contribution in [0.15, 0.2) is 36.9 Å². The summed E-state index contributed by atoms with van der Waals surface area (Å²) in [4.78, 5) is 0. The molecular formula is C12H19NOSi. The van der Waals surface area contributed by atoms with Crippen LogP contribution >= 0.6 is 0 Å². The van der Waals surface area contributed by atoms with Crippen LogP contribution in [-0.4, -0.2) is 14.5 Å². The van der Waals surface area contributed by atoms with E-state index in [4.69, 9.17) is 10.5 Å². The zero-order valence-corrected chi connectivity index (χ0v) is 10.6.